The van der Waals surface area contributed by atoms with Crippen LogP contribution < -0.4 is 16.5 Å². The van der Waals surface area contributed by atoms with Crippen molar-refractivity contribution in [2.24, 2.45) is 0 Å². The molecule has 3 rings (SSSR count). The zero-order chi connectivity index (χ0) is 20.8. The third-order valence-corrected chi connectivity index (χ3v) is 5.32. The van der Waals surface area contributed by atoms with Crippen LogP contribution in [0, 0.1) is 6.92 Å². The van der Waals surface area contributed by atoms with Gasteiger partial charge in [-0.15, -0.1) is 10.2 Å². The van der Waals surface area contributed by atoms with Gasteiger partial charge in [0.25, 0.3) is 0 Å². The lowest BCUT2D eigenvalue weighted by Crippen LogP contribution is -2.41. The summed E-state index contributed by atoms with van der Waals surface area (Å²) in [5.74, 6) is 6.23. The molecule has 150 valence electrons. The minimum atomic E-state index is -0.726. The van der Waals surface area contributed by atoms with Crippen LogP contribution in [-0.4, -0.2) is 33.4 Å². The standard InChI is InChI=1S/C20H22N6O2S/c1-3-22-19(28)23-18(27)16(14-7-5-4-6-8-14)29-20-25-24-17(26(20)21)15-11-9-13(2)10-12-15/h4-12,16H,3,21H2,1-2H3,(H2,22,23,27,28)/t16-/m0/s1. The number of aryl methyl sites for hydroxylation is 1. The predicted molar refractivity (Wildman–Crippen MR) is 113 cm³/mol. The van der Waals surface area contributed by atoms with E-state index in [1.54, 1.807) is 6.92 Å². The van der Waals surface area contributed by atoms with Crippen molar-refractivity contribution in [1.29, 1.82) is 0 Å². The van der Waals surface area contributed by atoms with Gasteiger partial charge in [0.15, 0.2) is 5.82 Å². The van der Waals surface area contributed by atoms with Gasteiger partial charge in [-0.2, -0.15) is 0 Å². The molecule has 0 bridgehead atoms. The molecule has 0 fully saturated rings. The van der Waals surface area contributed by atoms with Gasteiger partial charge in [0.2, 0.25) is 11.1 Å². The summed E-state index contributed by atoms with van der Waals surface area (Å²) in [6, 6.07) is 16.3. The highest BCUT2D eigenvalue weighted by Gasteiger charge is 2.26. The number of nitrogen functional groups attached to an aromatic ring is 1. The Labute approximate surface area is 172 Å². The van der Waals surface area contributed by atoms with Crippen LogP contribution in [0.4, 0.5) is 4.79 Å². The van der Waals surface area contributed by atoms with Gasteiger partial charge in [0.05, 0.1) is 0 Å². The SMILES string of the molecule is CCNC(=O)NC(=O)[C@@H](Sc1nnc(-c2ccc(C)cc2)n1N)c1ccccc1. The van der Waals surface area contributed by atoms with Crippen molar-refractivity contribution in [3.8, 4) is 11.4 Å². The lowest BCUT2D eigenvalue weighted by Gasteiger charge is -2.16. The maximum Gasteiger partial charge on any atom is 0.321 e. The molecule has 0 aliphatic heterocycles. The topological polar surface area (TPSA) is 115 Å². The van der Waals surface area contributed by atoms with Crippen LogP contribution in [-0.2, 0) is 4.79 Å². The summed E-state index contributed by atoms with van der Waals surface area (Å²) in [6.07, 6.45) is 0. The number of amides is 3. The van der Waals surface area contributed by atoms with E-state index in [-0.39, 0.29) is 0 Å². The second kappa shape index (κ2) is 9.24. The third kappa shape index (κ3) is 4.94. The van der Waals surface area contributed by atoms with Gasteiger partial charge >= 0.3 is 6.03 Å². The van der Waals surface area contributed by atoms with Crippen LogP contribution in [0.5, 0.6) is 0 Å². The summed E-state index contributed by atoms with van der Waals surface area (Å²) in [7, 11) is 0. The molecule has 8 nitrogen and oxygen atoms in total. The molecular weight excluding hydrogens is 388 g/mol. The summed E-state index contributed by atoms with van der Waals surface area (Å²) in [5, 5.41) is 12.9. The van der Waals surface area contributed by atoms with E-state index in [2.05, 4.69) is 20.8 Å². The van der Waals surface area contributed by atoms with Crippen LogP contribution in [0.3, 0.4) is 0 Å². The molecule has 3 amide bonds. The zero-order valence-corrected chi connectivity index (χ0v) is 16.9. The third-order valence-electron chi connectivity index (χ3n) is 4.11. The van der Waals surface area contributed by atoms with Gasteiger partial charge in [-0.25, -0.2) is 9.47 Å². The molecule has 0 radical (unpaired) electrons. The Bertz CT molecular complexity index is 988. The molecule has 1 aromatic heterocycles. The molecule has 9 heteroatoms. The number of imide groups is 1. The van der Waals surface area contributed by atoms with Crippen LogP contribution in [0.1, 0.15) is 23.3 Å². The first-order valence-corrected chi connectivity index (χ1v) is 9.95. The normalized spacial score (nSPS) is 11.7. The van der Waals surface area contributed by atoms with Crippen molar-refractivity contribution in [1.82, 2.24) is 25.5 Å². The maximum absolute atomic E-state index is 12.8. The van der Waals surface area contributed by atoms with Crippen molar-refractivity contribution in [3.05, 3.63) is 65.7 Å². The van der Waals surface area contributed by atoms with E-state index < -0.39 is 17.2 Å². The van der Waals surface area contributed by atoms with Gasteiger partial charge in [-0.1, -0.05) is 71.9 Å². The first-order valence-electron chi connectivity index (χ1n) is 9.07. The Kier molecular flexibility index (Phi) is 6.50. The monoisotopic (exact) mass is 410 g/mol. The average molecular weight is 411 g/mol. The highest BCUT2D eigenvalue weighted by atomic mass is 32.2. The first kappa shape index (κ1) is 20.4. The van der Waals surface area contributed by atoms with E-state index in [1.807, 2.05) is 61.5 Å². The van der Waals surface area contributed by atoms with Crippen molar-refractivity contribution < 1.29 is 9.59 Å². The van der Waals surface area contributed by atoms with Crippen LogP contribution in [0.25, 0.3) is 11.4 Å². The fourth-order valence-corrected chi connectivity index (χ4v) is 3.60. The van der Waals surface area contributed by atoms with Gasteiger partial charge in [-0.3, -0.25) is 10.1 Å². The molecule has 4 N–H and O–H groups in total. The Balaban J connectivity index is 1.87. The number of rotatable bonds is 6. The van der Waals surface area contributed by atoms with E-state index in [1.165, 1.54) is 4.68 Å². The second-order valence-corrected chi connectivity index (χ2v) is 7.37. The number of nitrogens with one attached hydrogen (secondary N) is 2. The van der Waals surface area contributed by atoms with Crippen molar-refractivity contribution in [2.45, 2.75) is 24.3 Å². The molecular formula is C20H22N6O2S. The molecule has 1 atom stereocenters. The Morgan fingerprint density at radius 1 is 1.10 bits per heavy atom. The van der Waals surface area contributed by atoms with E-state index in [0.717, 1.165) is 28.5 Å². The number of aromatic nitrogens is 3. The highest BCUT2D eigenvalue weighted by Crippen LogP contribution is 2.35. The van der Waals surface area contributed by atoms with Gasteiger partial charge in [-0.05, 0) is 19.4 Å². The lowest BCUT2D eigenvalue weighted by atomic mass is 10.1. The summed E-state index contributed by atoms with van der Waals surface area (Å²) in [6.45, 7) is 4.19. The summed E-state index contributed by atoms with van der Waals surface area (Å²) in [4.78, 5) is 24.6. The minimum absolute atomic E-state index is 0.362. The smallest absolute Gasteiger partial charge is 0.321 e. The number of hydrogen-bond donors (Lipinski definition) is 3. The van der Waals surface area contributed by atoms with Gasteiger partial charge in [0.1, 0.15) is 5.25 Å². The number of nitrogens with two attached hydrogens (primary N) is 1. The Hall–Kier alpha value is -3.33. The molecule has 0 saturated heterocycles. The number of carbonyl (C=O) groups is 2. The van der Waals surface area contributed by atoms with Crippen molar-refractivity contribution >= 4 is 23.7 Å². The second-order valence-electron chi connectivity index (χ2n) is 6.30. The molecule has 0 spiro atoms. The first-order chi connectivity index (χ1) is 14.0. The molecule has 0 unspecified atom stereocenters. The van der Waals surface area contributed by atoms with E-state index in [0.29, 0.717) is 17.5 Å². The lowest BCUT2D eigenvalue weighted by molar-refractivity contribution is -0.119. The molecule has 3 aromatic rings. The summed E-state index contributed by atoms with van der Waals surface area (Å²) >= 11 is 1.13. The number of benzene rings is 2. The van der Waals surface area contributed by atoms with Gasteiger partial charge < -0.3 is 11.2 Å². The van der Waals surface area contributed by atoms with E-state index >= 15 is 0 Å². The van der Waals surface area contributed by atoms with Crippen molar-refractivity contribution in [3.63, 3.8) is 0 Å². The van der Waals surface area contributed by atoms with Crippen molar-refractivity contribution in [2.75, 3.05) is 12.4 Å². The summed E-state index contributed by atoms with van der Waals surface area (Å²) in [5.41, 5.74) is 2.66. The summed E-state index contributed by atoms with van der Waals surface area (Å²) < 4.78 is 1.35. The Morgan fingerprint density at radius 2 is 1.79 bits per heavy atom. The van der Waals surface area contributed by atoms with Crippen LogP contribution in [0.2, 0.25) is 0 Å². The average Bonchev–Trinajstić information content (AvgIpc) is 3.07. The van der Waals surface area contributed by atoms with Gasteiger partial charge in [0, 0.05) is 12.1 Å². The largest absolute Gasteiger partial charge is 0.338 e. The number of carbonyl (C=O) groups excluding carboxylic acids is 2. The molecule has 0 aliphatic rings. The van der Waals surface area contributed by atoms with Crippen LogP contribution >= 0.6 is 11.8 Å². The fourth-order valence-electron chi connectivity index (χ4n) is 2.65. The number of thioether (sulfide) groups is 1. The molecule has 0 aliphatic carbocycles. The predicted octanol–water partition coefficient (Wildman–Crippen LogP) is 2.65. The van der Waals surface area contributed by atoms with Crippen LogP contribution in [0.15, 0.2) is 59.8 Å². The number of urea groups is 1. The molecule has 29 heavy (non-hydrogen) atoms. The number of nitrogens with zero attached hydrogens (tertiary/aromatic N) is 3. The molecule has 1 heterocycles. The van der Waals surface area contributed by atoms with E-state index in [9.17, 15) is 9.59 Å². The zero-order valence-electron chi connectivity index (χ0n) is 16.1. The Morgan fingerprint density at radius 3 is 2.45 bits per heavy atom. The molecule has 2 aromatic carbocycles. The fraction of sp³-hybridized carbons (Fsp3) is 0.200. The highest BCUT2D eigenvalue weighted by molar-refractivity contribution is 8.00. The minimum Gasteiger partial charge on any atom is -0.338 e. The molecule has 0 saturated carbocycles. The quantitative estimate of drug-likeness (QED) is 0.425. The van der Waals surface area contributed by atoms with E-state index in [4.69, 9.17) is 5.84 Å². The number of hydrogen-bond acceptors (Lipinski definition) is 6. The maximum atomic E-state index is 12.8.